The Hall–Kier alpha value is -3.28. The molecule has 0 aliphatic heterocycles. The van der Waals surface area contributed by atoms with Crippen molar-refractivity contribution in [2.45, 2.75) is 78.6 Å². The molecule has 33 heavy (non-hydrogen) atoms. The van der Waals surface area contributed by atoms with E-state index in [1.165, 1.54) is 24.3 Å². The van der Waals surface area contributed by atoms with Gasteiger partial charge in [-0.05, 0) is 65.2 Å². The van der Waals surface area contributed by atoms with E-state index < -0.39 is 41.1 Å². The number of hydrogen-bond donors (Lipinski definition) is 3. The number of nitriles is 1. The van der Waals surface area contributed by atoms with Crippen LogP contribution in [-0.4, -0.2) is 51.6 Å². The van der Waals surface area contributed by atoms with Crippen LogP contribution in [0.1, 0.15) is 67.0 Å². The van der Waals surface area contributed by atoms with E-state index in [0.29, 0.717) is 5.56 Å². The van der Waals surface area contributed by atoms with E-state index in [0.717, 1.165) is 4.90 Å². The monoisotopic (exact) mass is 460 g/mol. The predicted octanol–water partition coefficient (Wildman–Crippen LogP) is 3.25. The molecular weight excluding hydrogens is 424 g/mol. The van der Waals surface area contributed by atoms with Crippen molar-refractivity contribution in [3.8, 4) is 11.8 Å². The van der Waals surface area contributed by atoms with Gasteiger partial charge < -0.3 is 25.4 Å². The molecule has 1 rings (SSSR count). The van der Waals surface area contributed by atoms with E-state index in [2.05, 4.69) is 10.6 Å². The van der Waals surface area contributed by atoms with Gasteiger partial charge in [0.25, 0.3) is 0 Å². The van der Waals surface area contributed by atoms with Gasteiger partial charge in [0.05, 0.1) is 6.07 Å². The minimum atomic E-state index is -1.15. The second-order valence-electron chi connectivity index (χ2n) is 10.2. The van der Waals surface area contributed by atoms with Gasteiger partial charge in [-0.3, -0.25) is 9.59 Å². The highest BCUT2D eigenvalue weighted by Gasteiger charge is 2.38. The van der Waals surface area contributed by atoms with Crippen LogP contribution in [0.2, 0.25) is 0 Å². The first-order chi connectivity index (χ1) is 15.1. The highest BCUT2D eigenvalue weighted by Crippen LogP contribution is 2.26. The molecule has 9 heteroatoms. The third-order valence-corrected chi connectivity index (χ3v) is 4.40. The molecular formula is C24H36N4O5. The lowest BCUT2D eigenvalue weighted by atomic mass is 9.98. The molecule has 0 spiro atoms. The van der Waals surface area contributed by atoms with Gasteiger partial charge in [-0.15, -0.1) is 0 Å². The average Bonchev–Trinajstić information content (AvgIpc) is 2.63. The average molecular weight is 461 g/mol. The van der Waals surface area contributed by atoms with Gasteiger partial charge in [0, 0.05) is 5.54 Å². The summed E-state index contributed by atoms with van der Waals surface area (Å²) in [5, 5.41) is 24.6. The van der Waals surface area contributed by atoms with Crippen LogP contribution in [0.15, 0.2) is 24.3 Å². The number of rotatable bonds is 7. The summed E-state index contributed by atoms with van der Waals surface area (Å²) < 4.78 is 5.29. The summed E-state index contributed by atoms with van der Waals surface area (Å²) in [4.78, 5) is 40.4. The molecule has 3 amide bonds. The van der Waals surface area contributed by atoms with Crippen molar-refractivity contribution in [3.05, 3.63) is 29.8 Å². The number of ether oxygens (including phenoxy) is 1. The topological polar surface area (TPSA) is 132 Å². The molecule has 1 aromatic rings. The van der Waals surface area contributed by atoms with E-state index in [-0.39, 0.29) is 18.2 Å². The number of nitrogens with one attached hydrogen (secondary N) is 2. The van der Waals surface area contributed by atoms with E-state index >= 15 is 0 Å². The van der Waals surface area contributed by atoms with Gasteiger partial charge in [-0.2, -0.15) is 5.26 Å². The number of benzene rings is 1. The summed E-state index contributed by atoms with van der Waals surface area (Å²) >= 11 is 0. The number of carbonyl (C=O) groups is 3. The summed E-state index contributed by atoms with van der Waals surface area (Å²) in [6, 6.07) is 5.60. The van der Waals surface area contributed by atoms with Crippen molar-refractivity contribution in [1.29, 1.82) is 5.26 Å². The van der Waals surface area contributed by atoms with Crippen molar-refractivity contribution in [2.24, 2.45) is 5.92 Å². The van der Waals surface area contributed by atoms with Crippen LogP contribution in [0.5, 0.6) is 5.75 Å². The minimum Gasteiger partial charge on any atom is -0.508 e. The van der Waals surface area contributed by atoms with Crippen LogP contribution in [0.4, 0.5) is 4.79 Å². The van der Waals surface area contributed by atoms with E-state index in [1.54, 1.807) is 55.4 Å². The van der Waals surface area contributed by atoms with E-state index in [9.17, 15) is 24.8 Å². The molecule has 0 radical (unpaired) electrons. The molecule has 0 aliphatic rings. The molecule has 0 saturated heterocycles. The maximum absolute atomic E-state index is 13.6. The molecule has 9 nitrogen and oxygen atoms in total. The normalized spacial score (nSPS) is 13.5. The number of nitrogens with zero attached hydrogens (tertiary/aromatic N) is 2. The molecule has 0 aliphatic carbocycles. The molecule has 0 saturated carbocycles. The van der Waals surface area contributed by atoms with Crippen LogP contribution in [0.25, 0.3) is 0 Å². The second kappa shape index (κ2) is 11.0. The van der Waals surface area contributed by atoms with Gasteiger partial charge in [0.15, 0.2) is 0 Å². The molecule has 182 valence electrons. The van der Waals surface area contributed by atoms with Crippen molar-refractivity contribution in [2.75, 3.05) is 6.54 Å². The van der Waals surface area contributed by atoms with Crippen LogP contribution >= 0.6 is 0 Å². The summed E-state index contributed by atoms with van der Waals surface area (Å²) in [6.07, 6.45) is -0.771. The van der Waals surface area contributed by atoms with E-state index in [1.807, 2.05) is 6.07 Å². The molecule has 0 bridgehead atoms. The van der Waals surface area contributed by atoms with Crippen LogP contribution in [-0.2, 0) is 14.3 Å². The number of phenolic OH excluding ortho intramolecular Hbond substituents is 1. The second-order valence-corrected chi connectivity index (χ2v) is 10.2. The fourth-order valence-electron chi connectivity index (χ4n) is 3.07. The Morgan fingerprint density at radius 1 is 1.09 bits per heavy atom. The van der Waals surface area contributed by atoms with Crippen LogP contribution < -0.4 is 10.6 Å². The smallest absolute Gasteiger partial charge is 0.408 e. The quantitative estimate of drug-likeness (QED) is 0.535. The number of phenols is 1. The summed E-state index contributed by atoms with van der Waals surface area (Å²) in [5.74, 6) is -1.44. The lowest BCUT2D eigenvalue weighted by Crippen LogP contribution is -2.56. The first kappa shape index (κ1) is 27.8. The zero-order chi connectivity index (χ0) is 25.6. The minimum absolute atomic E-state index is 0.00135. The molecule has 0 heterocycles. The number of hydrogen-bond acceptors (Lipinski definition) is 6. The maximum Gasteiger partial charge on any atom is 0.408 e. The Morgan fingerprint density at radius 2 is 1.64 bits per heavy atom. The van der Waals surface area contributed by atoms with Crippen molar-refractivity contribution < 1.29 is 24.2 Å². The molecule has 0 fully saturated rings. The van der Waals surface area contributed by atoms with Gasteiger partial charge >= 0.3 is 6.09 Å². The van der Waals surface area contributed by atoms with Crippen molar-refractivity contribution in [3.63, 3.8) is 0 Å². The lowest BCUT2D eigenvalue weighted by molar-refractivity contribution is -0.143. The molecule has 2 atom stereocenters. The number of amides is 3. The Bertz CT molecular complexity index is 876. The SMILES string of the molecule is CC(C)C(NC(=O)OC(C)(C)C)C(=O)N(CC#N)C(C(=O)NC(C)(C)C)c1ccc(O)cc1. The first-order valence-corrected chi connectivity index (χ1v) is 10.8. The zero-order valence-electron chi connectivity index (χ0n) is 20.7. The van der Waals surface area contributed by atoms with E-state index in [4.69, 9.17) is 4.74 Å². The summed E-state index contributed by atoms with van der Waals surface area (Å²) in [5.41, 5.74) is -0.944. The van der Waals surface area contributed by atoms with Gasteiger partial charge in [0.1, 0.15) is 30.0 Å². The van der Waals surface area contributed by atoms with Gasteiger partial charge in [-0.1, -0.05) is 26.0 Å². The Kier molecular flexibility index (Phi) is 9.28. The van der Waals surface area contributed by atoms with Crippen molar-refractivity contribution >= 4 is 17.9 Å². The Labute approximate surface area is 196 Å². The molecule has 0 aromatic heterocycles. The largest absolute Gasteiger partial charge is 0.508 e. The Balaban J connectivity index is 3.43. The fourth-order valence-corrected chi connectivity index (χ4v) is 3.07. The number of alkyl carbamates (subject to hydrolysis) is 1. The molecule has 2 unspecified atom stereocenters. The van der Waals surface area contributed by atoms with Crippen molar-refractivity contribution in [1.82, 2.24) is 15.5 Å². The number of aromatic hydroxyl groups is 1. The van der Waals surface area contributed by atoms with Gasteiger partial charge in [-0.25, -0.2) is 4.79 Å². The first-order valence-electron chi connectivity index (χ1n) is 10.8. The third kappa shape index (κ3) is 9.00. The summed E-state index contributed by atoms with van der Waals surface area (Å²) in [7, 11) is 0. The molecule has 1 aromatic carbocycles. The standard InChI is InChI=1S/C24H36N4O5/c1-15(2)18(26-22(32)33-24(6,7)8)21(31)28(14-13-25)19(20(30)27-23(3,4)5)16-9-11-17(29)12-10-16/h9-12,15,18-19,29H,14H2,1-8H3,(H,26,32)(H,27,30). The summed E-state index contributed by atoms with van der Waals surface area (Å²) in [6.45, 7) is 13.6. The highest BCUT2D eigenvalue weighted by atomic mass is 16.6. The highest BCUT2D eigenvalue weighted by molar-refractivity contribution is 5.92. The molecule has 3 N–H and O–H groups in total. The van der Waals surface area contributed by atoms with Crippen LogP contribution in [0.3, 0.4) is 0 Å². The maximum atomic E-state index is 13.6. The third-order valence-electron chi connectivity index (χ3n) is 4.40. The fraction of sp³-hybridized carbons (Fsp3) is 0.583. The zero-order valence-corrected chi connectivity index (χ0v) is 20.7. The number of carbonyl (C=O) groups excluding carboxylic acids is 3. The van der Waals surface area contributed by atoms with Crippen LogP contribution in [0, 0.1) is 17.2 Å². The predicted molar refractivity (Wildman–Crippen MR) is 124 cm³/mol. The Morgan fingerprint density at radius 3 is 2.06 bits per heavy atom. The lowest BCUT2D eigenvalue weighted by Gasteiger charge is -2.35. The van der Waals surface area contributed by atoms with Gasteiger partial charge in [0.2, 0.25) is 11.8 Å².